The molecule has 0 N–H and O–H groups in total. The molecule has 10 aliphatic rings. The molecule has 1 aromatic carbocycles. The molecule has 0 saturated heterocycles. The molecule has 0 nitrogen and oxygen atoms in total. The quantitative estimate of drug-likeness (QED) is 0.261. The monoisotopic (exact) mass is 806 g/mol. The molecular weight excluding hydrogens is 740 g/mol. The van der Waals surface area contributed by atoms with E-state index in [1.165, 1.54) is 64.3 Å². The Morgan fingerprint density at radius 3 is 1.75 bits per heavy atom. The predicted molar refractivity (Wildman–Crippen MR) is 230 cm³/mol. The Labute approximate surface area is 350 Å². The Hall–Kier alpha value is -2.11. The van der Waals surface area contributed by atoms with Gasteiger partial charge in [-0.15, -0.1) is 17.4 Å². The van der Waals surface area contributed by atoms with Crippen molar-refractivity contribution in [3.63, 3.8) is 0 Å². The Balaban J connectivity index is 0.000000137. The van der Waals surface area contributed by atoms with Gasteiger partial charge < -0.3 is 6.42 Å². The molecule has 0 aliphatic heterocycles. The third kappa shape index (κ3) is 4.99. The van der Waals surface area contributed by atoms with Crippen LogP contribution in [0.3, 0.4) is 0 Å². The summed E-state index contributed by atoms with van der Waals surface area (Å²) in [6.07, 6.45) is 45.2. The van der Waals surface area contributed by atoms with E-state index in [1.807, 2.05) is 6.07 Å². The van der Waals surface area contributed by atoms with Crippen molar-refractivity contribution in [3.8, 4) is 0 Å². The van der Waals surface area contributed by atoms with Gasteiger partial charge in [-0.3, -0.25) is 6.08 Å². The number of hydrogen-bond donors (Lipinski definition) is 0. The molecule has 0 radical (unpaired) electrons. The zero-order valence-electron chi connectivity index (χ0n) is 36.0. The van der Waals surface area contributed by atoms with Crippen molar-refractivity contribution >= 4 is 3.21 Å². The number of fused-ring (bicyclic) bond motifs is 8. The van der Waals surface area contributed by atoms with Crippen LogP contribution in [0.5, 0.6) is 0 Å². The molecule has 0 amide bonds. The van der Waals surface area contributed by atoms with Gasteiger partial charge in [-0.25, -0.2) is 6.08 Å². The van der Waals surface area contributed by atoms with Gasteiger partial charge >= 0.3 is 70.3 Å². The average molecular weight is 808 g/mol. The van der Waals surface area contributed by atoms with E-state index in [9.17, 15) is 0 Å². The van der Waals surface area contributed by atoms with E-state index in [2.05, 4.69) is 192 Å². The minimum absolute atomic E-state index is 0.00615. The van der Waals surface area contributed by atoms with Crippen molar-refractivity contribution in [3.05, 3.63) is 139 Å². The topological polar surface area (TPSA) is 0 Å². The van der Waals surface area contributed by atoms with Crippen molar-refractivity contribution in [1.82, 2.24) is 0 Å². The van der Waals surface area contributed by atoms with Crippen LogP contribution in [-0.4, -0.2) is 3.21 Å². The van der Waals surface area contributed by atoms with E-state index in [4.69, 9.17) is 0 Å². The fourth-order valence-corrected chi connectivity index (χ4v) is 15.9. The molecule has 6 saturated carbocycles. The summed E-state index contributed by atoms with van der Waals surface area (Å²) in [6, 6.07) is 10.5. The van der Waals surface area contributed by atoms with Crippen molar-refractivity contribution in [1.29, 1.82) is 0 Å². The molecule has 9 unspecified atom stereocenters. The van der Waals surface area contributed by atoms with Crippen molar-refractivity contribution in [2.24, 2.45) is 78.8 Å². The van der Waals surface area contributed by atoms with Crippen LogP contribution in [0.2, 0.25) is 0 Å². The van der Waals surface area contributed by atoms with Crippen LogP contribution in [0.25, 0.3) is 0 Å². The van der Waals surface area contributed by atoms with Crippen LogP contribution in [0.4, 0.5) is 0 Å². The first kappa shape index (κ1) is 39.7. The van der Waals surface area contributed by atoms with Crippen LogP contribution < -0.4 is 0 Å². The van der Waals surface area contributed by atoms with Gasteiger partial charge in [0.2, 0.25) is 0 Å². The van der Waals surface area contributed by atoms with Gasteiger partial charge in [0.05, 0.1) is 0 Å². The first-order valence-corrected chi connectivity index (χ1v) is 23.0. The van der Waals surface area contributed by atoms with E-state index in [0.717, 1.165) is 23.7 Å². The molecule has 10 aliphatic carbocycles. The molecule has 1 heteroatoms. The molecule has 0 heterocycles. The van der Waals surface area contributed by atoms with Gasteiger partial charge in [-0.1, -0.05) is 140 Å². The predicted octanol–water partition coefficient (Wildman–Crippen LogP) is 13.8. The molecule has 0 aromatic heterocycles. The first-order chi connectivity index (χ1) is 25.9. The third-order valence-corrected chi connectivity index (χ3v) is 20.3. The molecule has 6 fully saturated rings. The zero-order chi connectivity index (χ0) is 39.5. The normalized spacial score (nSPS) is 49.8. The summed E-state index contributed by atoms with van der Waals surface area (Å²) >= 11 is 1.51. The van der Waals surface area contributed by atoms with E-state index >= 15 is 0 Å². The fraction of sp³-hybridized carbons (Fsp3) is 0.556. The molecule has 9 atom stereocenters. The van der Waals surface area contributed by atoms with Gasteiger partial charge in [-0.2, -0.15) is 11.6 Å². The Morgan fingerprint density at radius 1 is 0.709 bits per heavy atom. The third-order valence-electron chi connectivity index (χ3n) is 19.6. The van der Waals surface area contributed by atoms with Crippen LogP contribution in [0.1, 0.15) is 114 Å². The van der Waals surface area contributed by atoms with Gasteiger partial charge in [0.25, 0.3) is 0 Å². The molecule has 0 spiro atoms. The standard InChI is InChI=1S/C29H37.C17H23.C8H8.Zr/c1-21-14-13-15-22-20-27(6)25(4)18-10-9-16-23(25,2)24(3)17-11-12-19-26(24,5)29(27,8)28(21,22)7;1-11-3-4-14(5-11)17(2)15-7-12-6-13(9-15)10-16(17)8-12;1-2-8-6-4-3-5-7-8;/h9-20,22H,1-8H3;4-5,11-13,15-16H,6-10H2,1-2H3;3-7H,1H3;/q2*-1;;+2. The number of hydrogen-bond acceptors (Lipinski definition) is 0. The Kier molecular flexibility index (Phi) is 9.53. The summed E-state index contributed by atoms with van der Waals surface area (Å²) in [6.45, 7) is 27.3. The van der Waals surface area contributed by atoms with Crippen LogP contribution in [0, 0.1) is 91.3 Å². The summed E-state index contributed by atoms with van der Waals surface area (Å²) in [7, 11) is 0. The summed E-state index contributed by atoms with van der Waals surface area (Å²) in [5.41, 5.74) is 5.25. The van der Waals surface area contributed by atoms with Gasteiger partial charge in [0.15, 0.2) is 0 Å². The Bertz CT molecular complexity index is 1950. The summed E-state index contributed by atoms with van der Waals surface area (Å²) in [5.74, 6) is 5.14. The summed E-state index contributed by atoms with van der Waals surface area (Å²) in [5, 5.41) is 0. The molecular formula is C54H68Zr. The SMILES string of the molecule is CC1=CC=CC2[CH-]C3(C)C4(C)C=CC=CC4(C)C4(C)C=CC=CC4(C)C3(C)C12C.CC1[C-]=CC(C2(C)C3CC4CC(C3)CC2C4)=C1.C[C](=[Zr+2])c1ccccc1. The van der Waals surface area contributed by atoms with Crippen LogP contribution in [-0.2, 0) is 24.2 Å². The summed E-state index contributed by atoms with van der Waals surface area (Å²) < 4.78 is 1.46. The Morgan fingerprint density at radius 2 is 1.24 bits per heavy atom. The molecule has 1 aromatic rings. The van der Waals surface area contributed by atoms with Gasteiger partial charge in [0.1, 0.15) is 0 Å². The number of benzene rings is 1. The molecule has 55 heavy (non-hydrogen) atoms. The van der Waals surface area contributed by atoms with E-state index < -0.39 is 0 Å². The van der Waals surface area contributed by atoms with E-state index in [1.54, 1.807) is 12.0 Å². The number of allylic oxidation sites excluding steroid dienone is 16. The van der Waals surface area contributed by atoms with Crippen molar-refractivity contribution in [2.45, 2.75) is 108 Å². The molecule has 4 bridgehead atoms. The van der Waals surface area contributed by atoms with E-state index in [0.29, 0.717) is 17.3 Å². The second-order valence-electron chi connectivity index (χ2n) is 21.0. The van der Waals surface area contributed by atoms with Gasteiger partial charge in [-0.05, 0) is 84.4 Å². The van der Waals surface area contributed by atoms with Crippen molar-refractivity contribution in [2.75, 3.05) is 0 Å². The summed E-state index contributed by atoms with van der Waals surface area (Å²) in [4.78, 5) is 0. The molecule has 288 valence electrons. The zero-order valence-corrected chi connectivity index (χ0v) is 38.4. The average Bonchev–Trinajstić information content (AvgIpc) is 3.68. The first-order valence-electron chi connectivity index (χ1n) is 21.7. The fourth-order valence-electron chi connectivity index (χ4n) is 15.5. The van der Waals surface area contributed by atoms with Crippen LogP contribution >= 0.6 is 0 Å². The minimum atomic E-state index is 0.00615. The van der Waals surface area contributed by atoms with Crippen LogP contribution in [0.15, 0.2) is 120 Å². The van der Waals surface area contributed by atoms with Crippen molar-refractivity contribution < 1.29 is 24.2 Å². The molecule has 11 rings (SSSR count). The maximum absolute atomic E-state index is 3.49. The maximum atomic E-state index is 3.49. The number of rotatable bonds is 2. The van der Waals surface area contributed by atoms with Gasteiger partial charge in [0, 0.05) is 10.8 Å². The second-order valence-corrected chi connectivity index (χ2v) is 22.8. The van der Waals surface area contributed by atoms with E-state index in [-0.39, 0.29) is 37.9 Å². The second kappa shape index (κ2) is 13.2.